The van der Waals surface area contributed by atoms with Gasteiger partial charge in [0.1, 0.15) is 6.10 Å². The molecule has 0 saturated carbocycles. The molecule has 0 heterocycles. The summed E-state index contributed by atoms with van der Waals surface area (Å²) in [7, 11) is 6.38. The van der Waals surface area contributed by atoms with Crippen LogP contribution in [0.2, 0.25) is 0 Å². The van der Waals surface area contributed by atoms with E-state index in [2.05, 4.69) is 91.1 Å². The molecule has 10 heteroatoms. The van der Waals surface area contributed by atoms with Gasteiger partial charge in [0.15, 0.2) is 0 Å². The third-order valence-electron chi connectivity index (χ3n) is 7.63. The Labute approximate surface area is 332 Å². The van der Waals surface area contributed by atoms with Crippen molar-refractivity contribution in [3.8, 4) is 0 Å². The van der Waals surface area contributed by atoms with Crippen LogP contribution >= 0.6 is 21.6 Å². The molecular weight excluding hydrogens is 703 g/mol. The Bertz CT molecular complexity index is 1080. The summed E-state index contributed by atoms with van der Waals surface area (Å²) in [5.41, 5.74) is 2.65. The molecule has 304 valence electrons. The van der Waals surface area contributed by atoms with Gasteiger partial charge in [-0.25, -0.2) is 0 Å². The number of nitrogens with one attached hydrogen (secondary N) is 3. The van der Waals surface area contributed by atoms with E-state index >= 15 is 0 Å². The Morgan fingerprint density at radius 2 is 1.17 bits per heavy atom. The van der Waals surface area contributed by atoms with Crippen LogP contribution in [0.5, 0.6) is 0 Å². The number of allylic oxidation sites excluding steroid dienone is 9. The van der Waals surface area contributed by atoms with Gasteiger partial charge < -0.3 is 25.4 Å². The maximum absolute atomic E-state index is 12.4. The summed E-state index contributed by atoms with van der Waals surface area (Å²) in [6, 6.07) is 0. The SMILES string of the molecule is CC/C=C\C/C=C\C/C=C\C/C=C\CC=C=CCCC(=O)NCCSSCCNC(=O)CCNC(=O)[C@H](OC)C(C)(C)COC.CCCCCCCC. The Hall–Kier alpha value is -2.49. The van der Waals surface area contributed by atoms with Crippen molar-refractivity contribution in [2.75, 3.05) is 52.0 Å². The smallest absolute Gasteiger partial charge is 0.249 e. The van der Waals surface area contributed by atoms with Crippen LogP contribution in [0.4, 0.5) is 0 Å². The van der Waals surface area contributed by atoms with Crippen LogP contribution in [0, 0.1) is 5.41 Å². The van der Waals surface area contributed by atoms with Gasteiger partial charge in [0.05, 0.1) is 6.61 Å². The van der Waals surface area contributed by atoms with E-state index in [9.17, 15) is 14.4 Å². The molecule has 0 aromatic rings. The largest absolute Gasteiger partial charge is 0.384 e. The van der Waals surface area contributed by atoms with Crippen LogP contribution in [0.25, 0.3) is 0 Å². The zero-order valence-corrected chi connectivity index (χ0v) is 36.0. The molecule has 3 N–H and O–H groups in total. The Morgan fingerprint density at radius 3 is 1.66 bits per heavy atom. The molecule has 0 spiro atoms. The van der Waals surface area contributed by atoms with Crippen molar-refractivity contribution in [1.82, 2.24) is 16.0 Å². The number of amides is 3. The van der Waals surface area contributed by atoms with E-state index in [4.69, 9.17) is 9.47 Å². The molecule has 1 atom stereocenters. The molecule has 3 amide bonds. The first-order valence-corrected chi connectivity index (χ1v) is 22.2. The fraction of sp³-hybridized carbons (Fsp3) is 0.674. The van der Waals surface area contributed by atoms with Crippen LogP contribution in [0.15, 0.2) is 66.5 Å². The van der Waals surface area contributed by atoms with Crippen LogP contribution < -0.4 is 16.0 Å². The van der Waals surface area contributed by atoms with Crippen molar-refractivity contribution in [3.05, 3.63) is 66.5 Å². The predicted molar refractivity (Wildman–Crippen MR) is 231 cm³/mol. The van der Waals surface area contributed by atoms with Crippen molar-refractivity contribution in [1.29, 1.82) is 0 Å². The lowest BCUT2D eigenvalue weighted by molar-refractivity contribution is -0.140. The second kappa shape index (κ2) is 40.7. The summed E-state index contributed by atoms with van der Waals surface area (Å²) < 4.78 is 10.5. The highest BCUT2D eigenvalue weighted by molar-refractivity contribution is 8.76. The topological polar surface area (TPSA) is 106 Å². The average Bonchev–Trinajstić information content (AvgIpc) is 3.13. The van der Waals surface area contributed by atoms with Crippen molar-refractivity contribution in [3.63, 3.8) is 0 Å². The minimum absolute atomic E-state index is 0.0380. The number of hydrogen-bond acceptors (Lipinski definition) is 7. The minimum atomic E-state index is -0.662. The number of rotatable bonds is 32. The van der Waals surface area contributed by atoms with E-state index in [0.29, 0.717) is 32.5 Å². The maximum Gasteiger partial charge on any atom is 0.249 e. The van der Waals surface area contributed by atoms with Crippen molar-refractivity contribution in [2.45, 2.75) is 131 Å². The van der Waals surface area contributed by atoms with Crippen LogP contribution in [0.1, 0.15) is 125 Å². The van der Waals surface area contributed by atoms with Gasteiger partial charge in [-0.2, -0.15) is 0 Å². The lowest BCUT2D eigenvalue weighted by Crippen LogP contribution is -2.47. The van der Waals surface area contributed by atoms with Crippen molar-refractivity contribution in [2.24, 2.45) is 5.41 Å². The second-order valence-electron chi connectivity index (χ2n) is 13.2. The zero-order valence-electron chi connectivity index (χ0n) is 34.4. The maximum atomic E-state index is 12.4. The van der Waals surface area contributed by atoms with Crippen LogP contribution in [-0.2, 0) is 23.9 Å². The average molecular weight is 778 g/mol. The number of ether oxygens (including phenoxy) is 2. The monoisotopic (exact) mass is 778 g/mol. The van der Waals surface area contributed by atoms with Gasteiger partial charge in [-0.15, -0.1) is 5.73 Å². The van der Waals surface area contributed by atoms with Gasteiger partial charge in [0.25, 0.3) is 0 Å². The van der Waals surface area contributed by atoms with Crippen LogP contribution in [-0.4, -0.2) is 75.8 Å². The van der Waals surface area contributed by atoms with Gasteiger partial charge in [-0.1, -0.05) is 143 Å². The first-order chi connectivity index (χ1) is 25.7. The number of carbonyl (C=O) groups is 3. The molecule has 0 saturated heterocycles. The van der Waals surface area contributed by atoms with E-state index in [1.54, 1.807) is 28.7 Å². The second-order valence-corrected chi connectivity index (χ2v) is 15.9. The molecule has 0 bridgehead atoms. The fourth-order valence-electron chi connectivity index (χ4n) is 4.81. The van der Waals surface area contributed by atoms with E-state index < -0.39 is 11.5 Å². The van der Waals surface area contributed by atoms with Gasteiger partial charge >= 0.3 is 0 Å². The number of carbonyl (C=O) groups excluding carboxylic acids is 3. The summed E-state index contributed by atoms with van der Waals surface area (Å²) >= 11 is 0. The summed E-state index contributed by atoms with van der Waals surface area (Å²) in [5.74, 6) is 1.22. The summed E-state index contributed by atoms with van der Waals surface area (Å²) in [5, 5.41) is 8.55. The molecule has 0 aromatic heterocycles. The highest BCUT2D eigenvalue weighted by atomic mass is 33.1. The normalized spacial score (nSPS) is 12.1. The van der Waals surface area contributed by atoms with Crippen LogP contribution in [0.3, 0.4) is 0 Å². The third kappa shape index (κ3) is 37.6. The Morgan fingerprint density at radius 1 is 0.660 bits per heavy atom. The molecule has 53 heavy (non-hydrogen) atoms. The molecular formula is C43H75N3O5S2. The number of hydrogen-bond donors (Lipinski definition) is 3. The minimum Gasteiger partial charge on any atom is -0.384 e. The molecule has 8 nitrogen and oxygen atoms in total. The molecule has 0 aliphatic carbocycles. The summed E-state index contributed by atoms with van der Waals surface area (Å²) in [6.45, 7) is 12.2. The standard InChI is InChI=1S/C35H57N3O5S2.C8H18/c1-6-7-8-9-10-11-12-13-14-15-16-17-18-19-20-21-22-23-31(39)36-26-28-44-45-29-27-37-32(40)24-25-38-34(41)33(43-5)35(2,3)30-42-4;1-3-5-7-8-6-4-2/h7-8,10-11,13-14,16-17,19,21,33H,6,9,12,15,18,22-30H2,1-5H3,(H,36,39)(H,37,40)(H,38,41);3-8H2,1-2H3/b8-7-,11-10-,14-13-,17-16-;/t20?,33-;/m0./s1. The lowest BCUT2D eigenvalue weighted by atomic mass is 9.86. The first-order valence-electron chi connectivity index (χ1n) is 19.8. The van der Waals surface area contributed by atoms with E-state index in [1.165, 1.54) is 45.6 Å². The Balaban J connectivity index is 0. The molecule has 0 aromatic carbocycles. The third-order valence-corrected chi connectivity index (χ3v) is 10.0. The zero-order chi connectivity index (χ0) is 39.7. The molecule has 0 aliphatic rings. The van der Waals surface area contributed by atoms with E-state index in [1.807, 2.05) is 26.0 Å². The molecule has 0 unspecified atom stereocenters. The van der Waals surface area contributed by atoms with Crippen molar-refractivity contribution < 1.29 is 23.9 Å². The highest BCUT2D eigenvalue weighted by Gasteiger charge is 2.35. The lowest BCUT2D eigenvalue weighted by Gasteiger charge is -2.31. The molecule has 0 aliphatic heterocycles. The molecule has 0 radical (unpaired) electrons. The quantitative estimate of drug-likeness (QED) is 0.0270. The van der Waals surface area contributed by atoms with Gasteiger partial charge in [0.2, 0.25) is 17.7 Å². The predicted octanol–water partition coefficient (Wildman–Crippen LogP) is 9.85. The van der Waals surface area contributed by atoms with E-state index in [0.717, 1.165) is 43.6 Å². The highest BCUT2D eigenvalue weighted by Crippen LogP contribution is 2.23. The molecule has 0 fully saturated rings. The summed E-state index contributed by atoms with van der Waals surface area (Å²) in [6.07, 6.45) is 35.3. The van der Waals surface area contributed by atoms with Gasteiger partial charge in [0, 0.05) is 63.6 Å². The molecule has 0 rings (SSSR count). The van der Waals surface area contributed by atoms with Crippen molar-refractivity contribution >= 4 is 39.3 Å². The first kappa shape index (κ1) is 52.6. The van der Waals surface area contributed by atoms with Gasteiger partial charge in [-0.05, 0) is 50.7 Å². The fourth-order valence-corrected chi connectivity index (χ4v) is 6.63. The summed E-state index contributed by atoms with van der Waals surface area (Å²) in [4.78, 5) is 36.4. The van der Waals surface area contributed by atoms with Gasteiger partial charge in [-0.3, -0.25) is 14.4 Å². The Kier molecular flexibility index (Phi) is 40.4. The number of methoxy groups -OCH3 is 2. The number of unbranched alkanes of at least 4 members (excludes halogenated alkanes) is 5. The van der Waals surface area contributed by atoms with E-state index in [-0.39, 0.29) is 30.7 Å².